The molecule has 1 N–H and O–H groups in total. The molecule has 0 spiro atoms. The highest BCUT2D eigenvalue weighted by atomic mass is 127. The van der Waals surface area contributed by atoms with Crippen molar-refractivity contribution in [3.8, 4) is 0 Å². The minimum atomic E-state index is 0.407. The van der Waals surface area contributed by atoms with Gasteiger partial charge in [-0.15, -0.1) is 11.3 Å². The molecular weight excluding hydrogens is 377 g/mol. The molecule has 106 valence electrons. The lowest BCUT2D eigenvalue weighted by molar-refractivity contribution is 0.417. The number of thiophene rings is 1. The Morgan fingerprint density at radius 2 is 2.15 bits per heavy atom. The van der Waals surface area contributed by atoms with Crippen molar-refractivity contribution in [2.24, 2.45) is 0 Å². The summed E-state index contributed by atoms with van der Waals surface area (Å²) in [5, 5.41) is 3.85. The summed E-state index contributed by atoms with van der Waals surface area (Å²) in [4.78, 5) is 1.59. The molecule has 0 amide bonds. The number of hydrogen-bond donors (Lipinski definition) is 1. The summed E-state index contributed by atoms with van der Waals surface area (Å²) >= 11 is 4.42. The quantitative estimate of drug-likeness (QED) is 0.685. The van der Waals surface area contributed by atoms with Gasteiger partial charge in [-0.25, -0.2) is 0 Å². The minimum absolute atomic E-state index is 0.407. The Balaban J connectivity index is 1.80. The van der Waals surface area contributed by atoms with Gasteiger partial charge in [-0.2, -0.15) is 0 Å². The molecule has 3 rings (SSSR count). The van der Waals surface area contributed by atoms with Crippen LogP contribution in [0.1, 0.15) is 53.4 Å². The van der Waals surface area contributed by atoms with E-state index < -0.39 is 0 Å². The number of fused-ring (bicyclic) bond motifs is 1. The van der Waals surface area contributed by atoms with E-state index in [-0.39, 0.29) is 0 Å². The second-order valence-electron chi connectivity index (χ2n) is 5.62. The van der Waals surface area contributed by atoms with Gasteiger partial charge in [0.2, 0.25) is 0 Å². The molecular formula is C17H20INS. The predicted molar refractivity (Wildman–Crippen MR) is 95.4 cm³/mol. The smallest absolute Gasteiger partial charge is 0.0659 e. The molecule has 2 aromatic rings. The molecule has 1 unspecified atom stereocenters. The monoisotopic (exact) mass is 397 g/mol. The molecule has 0 bridgehead atoms. The first kappa shape index (κ1) is 14.5. The predicted octanol–water partition coefficient (Wildman–Crippen LogP) is 5.39. The van der Waals surface area contributed by atoms with Crippen LogP contribution < -0.4 is 5.32 Å². The zero-order chi connectivity index (χ0) is 14.1. The standard InChI is InChI=1S/C17H20INS/c1-11-6-3-4-7-13(11)12(2)19-15-8-5-9-16-14(15)10-17(18)20-16/h3-4,6-7,10,12,15,19H,5,8-9H2,1-2H3/t12-,15?/m0/s1. The van der Waals surface area contributed by atoms with E-state index in [1.54, 1.807) is 10.4 Å². The van der Waals surface area contributed by atoms with Crippen LogP contribution in [0.5, 0.6) is 0 Å². The lowest BCUT2D eigenvalue weighted by Gasteiger charge is -2.28. The fraction of sp³-hybridized carbons (Fsp3) is 0.412. The van der Waals surface area contributed by atoms with E-state index in [0.717, 1.165) is 0 Å². The Bertz CT molecular complexity index is 605. The lowest BCUT2D eigenvalue weighted by atomic mass is 9.92. The molecule has 0 fully saturated rings. The van der Waals surface area contributed by atoms with Crippen molar-refractivity contribution in [3.05, 3.63) is 54.8 Å². The molecule has 2 atom stereocenters. The van der Waals surface area contributed by atoms with Gasteiger partial charge >= 0.3 is 0 Å². The first-order valence-electron chi connectivity index (χ1n) is 7.25. The van der Waals surface area contributed by atoms with Gasteiger partial charge < -0.3 is 5.32 Å². The van der Waals surface area contributed by atoms with Crippen molar-refractivity contribution in [3.63, 3.8) is 0 Å². The molecule has 1 aromatic carbocycles. The number of benzene rings is 1. The summed E-state index contributed by atoms with van der Waals surface area (Å²) in [6, 6.07) is 12.0. The van der Waals surface area contributed by atoms with Crippen LogP contribution in [-0.2, 0) is 6.42 Å². The van der Waals surface area contributed by atoms with Gasteiger partial charge in [-0.1, -0.05) is 24.3 Å². The molecule has 1 nitrogen and oxygen atoms in total. The molecule has 20 heavy (non-hydrogen) atoms. The van der Waals surface area contributed by atoms with Crippen LogP contribution in [0, 0.1) is 9.81 Å². The average molecular weight is 397 g/mol. The number of halogens is 1. The summed E-state index contributed by atoms with van der Waals surface area (Å²) in [7, 11) is 0. The Hall–Kier alpha value is -0.390. The zero-order valence-corrected chi connectivity index (χ0v) is 14.9. The highest BCUT2D eigenvalue weighted by molar-refractivity contribution is 14.1. The van der Waals surface area contributed by atoms with E-state index >= 15 is 0 Å². The molecule has 0 saturated carbocycles. The summed E-state index contributed by atoms with van der Waals surface area (Å²) in [5.74, 6) is 0. The van der Waals surface area contributed by atoms with Crippen LogP contribution in [0.25, 0.3) is 0 Å². The number of hydrogen-bond acceptors (Lipinski definition) is 2. The van der Waals surface area contributed by atoms with E-state index in [9.17, 15) is 0 Å². The SMILES string of the molecule is Cc1ccccc1[C@H](C)NC1CCCc2sc(I)cc21. The second-order valence-corrected chi connectivity index (χ2v) is 8.65. The van der Waals surface area contributed by atoms with Crippen molar-refractivity contribution in [1.82, 2.24) is 5.32 Å². The molecule has 0 radical (unpaired) electrons. The molecule has 1 aliphatic carbocycles. The highest BCUT2D eigenvalue weighted by Crippen LogP contribution is 2.37. The van der Waals surface area contributed by atoms with E-state index in [0.29, 0.717) is 12.1 Å². The Morgan fingerprint density at radius 3 is 2.95 bits per heavy atom. The van der Waals surface area contributed by atoms with Crippen LogP contribution in [0.3, 0.4) is 0 Å². The van der Waals surface area contributed by atoms with Crippen molar-refractivity contribution in [2.45, 2.75) is 45.2 Å². The molecule has 1 aliphatic rings. The largest absolute Gasteiger partial charge is 0.303 e. The van der Waals surface area contributed by atoms with Crippen LogP contribution in [-0.4, -0.2) is 0 Å². The Morgan fingerprint density at radius 1 is 1.35 bits per heavy atom. The van der Waals surface area contributed by atoms with Crippen molar-refractivity contribution >= 4 is 33.9 Å². The van der Waals surface area contributed by atoms with Crippen molar-refractivity contribution < 1.29 is 0 Å². The minimum Gasteiger partial charge on any atom is -0.303 e. The molecule has 1 heterocycles. The third-order valence-corrected chi connectivity index (χ3v) is 6.16. The van der Waals surface area contributed by atoms with Gasteiger partial charge in [0.15, 0.2) is 0 Å². The van der Waals surface area contributed by atoms with E-state index in [2.05, 4.69) is 72.1 Å². The molecule has 1 aromatic heterocycles. The molecule has 0 aliphatic heterocycles. The summed E-state index contributed by atoms with van der Waals surface area (Å²) in [6.07, 6.45) is 3.83. The van der Waals surface area contributed by atoms with Crippen LogP contribution in [0.15, 0.2) is 30.3 Å². The number of rotatable bonds is 3. The highest BCUT2D eigenvalue weighted by Gasteiger charge is 2.24. The molecule has 3 heteroatoms. The van der Waals surface area contributed by atoms with Crippen molar-refractivity contribution in [1.29, 1.82) is 0 Å². The fourth-order valence-electron chi connectivity index (χ4n) is 3.16. The van der Waals surface area contributed by atoms with Gasteiger partial charge in [0.1, 0.15) is 0 Å². The van der Waals surface area contributed by atoms with Crippen LogP contribution >= 0.6 is 33.9 Å². The average Bonchev–Trinajstić information content (AvgIpc) is 2.80. The Labute approximate surface area is 138 Å². The van der Waals surface area contributed by atoms with Gasteiger partial charge in [0, 0.05) is 17.0 Å². The zero-order valence-electron chi connectivity index (χ0n) is 11.9. The second kappa shape index (κ2) is 6.16. The number of nitrogens with one attached hydrogen (secondary N) is 1. The van der Waals surface area contributed by atoms with E-state index in [1.165, 1.54) is 33.3 Å². The van der Waals surface area contributed by atoms with Gasteiger partial charge in [0.25, 0.3) is 0 Å². The summed E-state index contributed by atoms with van der Waals surface area (Å²) < 4.78 is 1.42. The Kier molecular flexibility index (Phi) is 4.48. The van der Waals surface area contributed by atoms with Crippen LogP contribution in [0.4, 0.5) is 0 Å². The number of aryl methyl sites for hydroxylation is 2. The van der Waals surface area contributed by atoms with Crippen molar-refractivity contribution in [2.75, 3.05) is 0 Å². The maximum absolute atomic E-state index is 3.85. The van der Waals surface area contributed by atoms with Gasteiger partial charge in [0.05, 0.1) is 2.88 Å². The first-order valence-corrected chi connectivity index (χ1v) is 9.14. The van der Waals surface area contributed by atoms with Gasteiger partial charge in [-0.3, -0.25) is 0 Å². The van der Waals surface area contributed by atoms with E-state index in [1.807, 2.05) is 11.3 Å². The van der Waals surface area contributed by atoms with E-state index in [4.69, 9.17) is 0 Å². The van der Waals surface area contributed by atoms with Crippen LogP contribution in [0.2, 0.25) is 0 Å². The molecule has 0 saturated heterocycles. The topological polar surface area (TPSA) is 12.0 Å². The third kappa shape index (κ3) is 2.95. The first-order chi connectivity index (χ1) is 9.65. The third-order valence-electron chi connectivity index (χ3n) is 4.19. The maximum Gasteiger partial charge on any atom is 0.0659 e. The summed E-state index contributed by atoms with van der Waals surface area (Å²) in [5.41, 5.74) is 4.35. The summed E-state index contributed by atoms with van der Waals surface area (Å²) in [6.45, 7) is 4.49. The lowest BCUT2D eigenvalue weighted by Crippen LogP contribution is -2.27. The fourth-order valence-corrected chi connectivity index (χ4v) is 5.28. The van der Waals surface area contributed by atoms with Gasteiger partial charge in [-0.05, 0) is 78.5 Å². The maximum atomic E-state index is 3.85. The normalized spacial score (nSPS) is 19.6.